The van der Waals surface area contributed by atoms with Crippen molar-refractivity contribution in [3.63, 3.8) is 0 Å². The Hall–Kier alpha value is -3.66. The fourth-order valence-electron chi connectivity index (χ4n) is 2.65. The summed E-state index contributed by atoms with van der Waals surface area (Å²) < 4.78 is 30.6. The number of amides is 2. The second-order valence-corrected chi connectivity index (χ2v) is 8.03. The minimum atomic E-state index is -3.63. The topological polar surface area (TPSA) is 135 Å². The summed E-state index contributed by atoms with van der Waals surface area (Å²) >= 11 is 0. The van der Waals surface area contributed by atoms with Gasteiger partial charge in [0.1, 0.15) is 5.58 Å². The lowest BCUT2D eigenvalue weighted by Gasteiger charge is -2.13. The monoisotopic (exact) mass is 415 g/mol. The molecule has 0 aliphatic carbocycles. The largest absolute Gasteiger partial charge is 0.423 e. The molecule has 0 aliphatic rings. The van der Waals surface area contributed by atoms with Crippen LogP contribution in [0.1, 0.15) is 17.3 Å². The minimum Gasteiger partial charge on any atom is -0.423 e. The number of benzene rings is 2. The van der Waals surface area contributed by atoms with E-state index in [1.807, 2.05) is 0 Å². The highest BCUT2D eigenvalue weighted by Crippen LogP contribution is 2.24. The van der Waals surface area contributed by atoms with Crippen LogP contribution in [0.4, 0.5) is 17.1 Å². The predicted octanol–water partition coefficient (Wildman–Crippen LogP) is 2.38. The van der Waals surface area contributed by atoms with E-state index in [9.17, 15) is 22.8 Å². The van der Waals surface area contributed by atoms with Crippen molar-refractivity contribution in [2.75, 3.05) is 21.6 Å². The zero-order valence-corrected chi connectivity index (χ0v) is 16.3. The molecule has 0 bridgehead atoms. The van der Waals surface area contributed by atoms with E-state index in [-0.39, 0.29) is 17.2 Å². The Balaban J connectivity index is 1.96. The van der Waals surface area contributed by atoms with Crippen molar-refractivity contribution in [1.82, 2.24) is 0 Å². The number of rotatable bonds is 5. The van der Waals surface area contributed by atoms with Gasteiger partial charge in [-0.15, -0.1) is 0 Å². The van der Waals surface area contributed by atoms with Crippen LogP contribution >= 0.6 is 0 Å². The summed E-state index contributed by atoms with van der Waals surface area (Å²) in [6.07, 6.45) is 0.966. The molecule has 0 fully saturated rings. The Kier molecular flexibility index (Phi) is 5.37. The van der Waals surface area contributed by atoms with E-state index in [0.29, 0.717) is 22.3 Å². The number of anilines is 3. The number of carbonyl (C=O) groups excluding carboxylic acids is 2. The van der Waals surface area contributed by atoms with E-state index >= 15 is 0 Å². The molecule has 2 amide bonds. The van der Waals surface area contributed by atoms with Gasteiger partial charge in [0.15, 0.2) is 0 Å². The minimum absolute atomic E-state index is 0.0152. The summed E-state index contributed by atoms with van der Waals surface area (Å²) in [5.41, 5.74) is 0.698. The Morgan fingerprint density at radius 1 is 0.931 bits per heavy atom. The second kappa shape index (κ2) is 7.76. The van der Waals surface area contributed by atoms with Crippen LogP contribution in [0.25, 0.3) is 11.0 Å². The average molecular weight is 415 g/mol. The van der Waals surface area contributed by atoms with Crippen LogP contribution in [0.3, 0.4) is 0 Å². The van der Waals surface area contributed by atoms with Crippen LogP contribution in [0.2, 0.25) is 0 Å². The van der Waals surface area contributed by atoms with Gasteiger partial charge in [0, 0.05) is 29.8 Å². The Morgan fingerprint density at radius 2 is 1.62 bits per heavy atom. The first-order valence-electron chi connectivity index (χ1n) is 8.35. The lowest BCUT2D eigenvalue weighted by atomic mass is 10.1. The van der Waals surface area contributed by atoms with Crippen molar-refractivity contribution >= 4 is 49.9 Å². The third-order valence-corrected chi connectivity index (χ3v) is 4.35. The van der Waals surface area contributed by atoms with Gasteiger partial charge in [0.05, 0.1) is 17.5 Å². The normalized spacial score (nSPS) is 11.1. The first-order valence-corrected chi connectivity index (χ1v) is 10.2. The third kappa shape index (κ3) is 5.20. The van der Waals surface area contributed by atoms with E-state index in [0.717, 1.165) is 6.26 Å². The summed E-state index contributed by atoms with van der Waals surface area (Å²) in [7, 11) is -3.63. The fourth-order valence-corrected chi connectivity index (χ4v) is 3.23. The van der Waals surface area contributed by atoms with Gasteiger partial charge in [-0.3, -0.25) is 14.3 Å². The number of hydrogen-bond acceptors (Lipinski definition) is 6. The molecule has 3 rings (SSSR count). The number of sulfonamides is 1. The molecule has 0 saturated carbocycles. The predicted molar refractivity (Wildman–Crippen MR) is 110 cm³/mol. The van der Waals surface area contributed by atoms with Crippen LogP contribution in [0, 0.1) is 0 Å². The van der Waals surface area contributed by atoms with Gasteiger partial charge in [0.25, 0.3) is 5.91 Å². The average Bonchev–Trinajstić information content (AvgIpc) is 2.61. The zero-order valence-electron chi connectivity index (χ0n) is 15.5. The number of carbonyl (C=O) groups is 2. The SMILES string of the molecule is CC(=O)Nc1ccc(NS(C)(=O)=O)c(C(=O)Nc2ccc3oc(=O)ccc3c2)c1. The summed E-state index contributed by atoms with van der Waals surface area (Å²) in [5.74, 6) is -0.934. The fraction of sp³-hybridized carbons (Fsp3) is 0.105. The van der Waals surface area contributed by atoms with Crippen LogP contribution in [-0.4, -0.2) is 26.5 Å². The van der Waals surface area contributed by atoms with Crippen molar-refractivity contribution in [2.45, 2.75) is 6.92 Å². The van der Waals surface area contributed by atoms with E-state index in [1.54, 1.807) is 18.2 Å². The molecule has 1 heterocycles. The smallest absolute Gasteiger partial charge is 0.336 e. The van der Waals surface area contributed by atoms with Gasteiger partial charge in [-0.05, 0) is 42.5 Å². The molecule has 29 heavy (non-hydrogen) atoms. The summed E-state index contributed by atoms with van der Waals surface area (Å²) in [4.78, 5) is 35.4. The zero-order chi connectivity index (χ0) is 21.2. The molecule has 0 saturated heterocycles. The maximum atomic E-state index is 12.8. The highest BCUT2D eigenvalue weighted by atomic mass is 32.2. The number of hydrogen-bond donors (Lipinski definition) is 3. The molecule has 0 atom stereocenters. The standard InChI is InChI=1S/C19H17N3O6S/c1-11(23)20-14-4-6-16(22-29(2,26)27)15(10-14)19(25)21-13-5-7-17-12(9-13)3-8-18(24)28-17/h3-10,22H,1-2H3,(H,20,23)(H,21,25). The van der Waals surface area contributed by atoms with Gasteiger partial charge < -0.3 is 15.1 Å². The van der Waals surface area contributed by atoms with Crippen molar-refractivity contribution in [2.24, 2.45) is 0 Å². The molecule has 1 aromatic heterocycles. The lowest BCUT2D eigenvalue weighted by Crippen LogP contribution is -2.18. The van der Waals surface area contributed by atoms with E-state index in [1.165, 1.54) is 37.3 Å². The van der Waals surface area contributed by atoms with Gasteiger partial charge >= 0.3 is 5.63 Å². The second-order valence-electron chi connectivity index (χ2n) is 6.28. The molecule has 0 spiro atoms. The van der Waals surface area contributed by atoms with Crippen LogP contribution in [0.15, 0.2) is 57.7 Å². The molecule has 150 valence electrons. The van der Waals surface area contributed by atoms with E-state index in [2.05, 4.69) is 15.4 Å². The molecule has 0 unspecified atom stereocenters. The van der Waals surface area contributed by atoms with Gasteiger partial charge in [-0.2, -0.15) is 0 Å². The molecular weight excluding hydrogens is 398 g/mol. The van der Waals surface area contributed by atoms with Gasteiger partial charge in [-0.25, -0.2) is 13.2 Å². The summed E-state index contributed by atoms with van der Waals surface area (Å²) in [5, 5.41) is 5.81. The molecule has 0 aliphatic heterocycles. The first-order chi connectivity index (χ1) is 13.6. The summed E-state index contributed by atoms with van der Waals surface area (Å²) in [6, 6.07) is 11.7. The summed E-state index contributed by atoms with van der Waals surface area (Å²) in [6.45, 7) is 1.32. The third-order valence-electron chi connectivity index (χ3n) is 3.76. The molecule has 2 aromatic carbocycles. The van der Waals surface area contributed by atoms with Crippen molar-refractivity contribution in [3.05, 3.63) is 64.5 Å². The maximum Gasteiger partial charge on any atom is 0.336 e. The molecule has 3 N–H and O–H groups in total. The molecule has 9 nitrogen and oxygen atoms in total. The molecule has 10 heteroatoms. The molecule has 0 radical (unpaired) electrons. The van der Waals surface area contributed by atoms with Crippen LogP contribution < -0.4 is 21.0 Å². The van der Waals surface area contributed by atoms with E-state index < -0.39 is 21.6 Å². The van der Waals surface area contributed by atoms with Crippen molar-refractivity contribution in [3.8, 4) is 0 Å². The molecular formula is C19H17N3O6S. The molecule has 3 aromatic rings. The quantitative estimate of drug-likeness (QED) is 0.548. The van der Waals surface area contributed by atoms with Crippen molar-refractivity contribution in [1.29, 1.82) is 0 Å². The Bertz CT molecular complexity index is 1280. The Labute approximate surface area is 165 Å². The Morgan fingerprint density at radius 3 is 2.31 bits per heavy atom. The first kappa shape index (κ1) is 20.1. The maximum absolute atomic E-state index is 12.8. The van der Waals surface area contributed by atoms with Gasteiger partial charge in [0.2, 0.25) is 15.9 Å². The van der Waals surface area contributed by atoms with E-state index in [4.69, 9.17) is 4.42 Å². The highest BCUT2D eigenvalue weighted by molar-refractivity contribution is 7.92. The number of fused-ring (bicyclic) bond motifs is 1. The van der Waals surface area contributed by atoms with Crippen LogP contribution in [-0.2, 0) is 14.8 Å². The van der Waals surface area contributed by atoms with Crippen LogP contribution in [0.5, 0.6) is 0 Å². The van der Waals surface area contributed by atoms with Gasteiger partial charge in [-0.1, -0.05) is 0 Å². The number of nitrogens with one attached hydrogen (secondary N) is 3. The van der Waals surface area contributed by atoms with Crippen molar-refractivity contribution < 1.29 is 22.4 Å². The lowest BCUT2D eigenvalue weighted by molar-refractivity contribution is -0.114. The highest BCUT2D eigenvalue weighted by Gasteiger charge is 2.16.